The second-order valence-electron chi connectivity index (χ2n) is 3.16. The standard InChI is InChI=1S/C10H6Cl2N2O2/c11-6-1-5(2-7(12)3-6)8-4-9(15)14-10(16)13-8/h1-4H,(H2,13,14,15,16). The normalized spacial score (nSPS) is 10.4. The Morgan fingerprint density at radius 1 is 0.875 bits per heavy atom. The number of hydrogen-bond donors (Lipinski definition) is 2. The highest BCUT2D eigenvalue weighted by Gasteiger charge is 2.03. The molecule has 2 aromatic rings. The van der Waals surface area contributed by atoms with E-state index in [0.717, 1.165) is 0 Å². The lowest BCUT2D eigenvalue weighted by Crippen LogP contribution is -2.21. The molecule has 0 spiro atoms. The van der Waals surface area contributed by atoms with Crippen molar-refractivity contribution in [3.8, 4) is 11.3 Å². The molecule has 0 fully saturated rings. The van der Waals surface area contributed by atoms with Crippen molar-refractivity contribution in [3.63, 3.8) is 0 Å². The van der Waals surface area contributed by atoms with E-state index in [9.17, 15) is 9.59 Å². The highest BCUT2D eigenvalue weighted by molar-refractivity contribution is 6.35. The minimum absolute atomic E-state index is 0.373. The molecule has 0 aliphatic rings. The van der Waals surface area contributed by atoms with Gasteiger partial charge in [-0.2, -0.15) is 0 Å². The van der Waals surface area contributed by atoms with E-state index in [4.69, 9.17) is 23.2 Å². The van der Waals surface area contributed by atoms with Gasteiger partial charge in [-0.3, -0.25) is 9.78 Å². The predicted octanol–water partition coefficient (Wildman–Crippen LogP) is 2.04. The molecule has 0 saturated heterocycles. The number of nitrogens with one attached hydrogen (secondary N) is 2. The molecule has 82 valence electrons. The van der Waals surface area contributed by atoms with Gasteiger partial charge in [0.25, 0.3) is 5.56 Å². The van der Waals surface area contributed by atoms with Crippen molar-refractivity contribution < 1.29 is 0 Å². The van der Waals surface area contributed by atoms with Gasteiger partial charge in [0.1, 0.15) is 0 Å². The number of hydrogen-bond acceptors (Lipinski definition) is 2. The van der Waals surface area contributed by atoms with Crippen molar-refractivity contribution in [2.24, 2.45) is 0 Å². The van der Waals surface area contributed by atoms with Crippen LogP contribution in [0.4, 0.5) is 0 Å². The maximum absolute atomic E-state index is 11.1. The first kappa shape index (κ1) is 11.0. The Balaban J connectivity index is 2.67. The number of aromatic nitrogens is 2. The molecular formula is C10H6Cl2N2O2. The zero-order chi connectivity index (χ0) is 11.7. The van der Waals surface area contributed by atoms with Gasteiger partial charge in [0, 0.05) is 21.7 Å². The third-order valence-electron chi connectivity index (χ3n) is 1.93. The maximum Gasteiger partial charge on any atom is 0.326 e. The van der Waals surface area contributed by atoms with Gasteiger partial charge >= 0.3 is 5.69 Å². The van der Waals surface area contributed by atoms with Crippen molar-refractivity contribution in [3.05, 3.63) is 55.1 Å². The van der Waals surface area contributed by atoms with Crippen LogP contribution >= 0.6 is 23.2 Å². The third-order valence-corrected chi connectivity index (χ3v) is 2.37. The summed E-state index contributed by atoms with van der Waals surface area (Å²) in [7, 11) is 0. The molecular weight excluding hydrogens is 251 g/mol. The third kappa shape index (κ3) is 2.35. The number of aromatic amines is 2. The molecule has 1 aromatic carbocycles. The summed E-state index contributed by atoms with van der Waals surface area (Å²) in [6, 6.07) is 6.05. The topological polar surface area (TPSA) is 65.7 Å². The van der Waals surface area contributed by atoms with Gasteiger partial charge < -0.3 is 4.98 Å². The van der Waals surface area contributed by atoms with Crippen molar-refractivity contribution in [1.82, 2.24) is 9.97 Å². The van der Waals surface area contributed by atoms with Crippen LogP contribution in [-0.4, -0.2) is 9.97 Å². The predicted molar refractivity (Wildman–Crippen MR) is 63.1 cm³/mol. The van der Waals surface area contributed by atoms with E-state index in [-0.39, 0.29) is 0 Å². The zero-order valence-corrected chi connectivity index (χ0v) is 9.39. The molecule has 2 N–H and O–H groups in total. The van der Waals surface area contributed by atoms with Gasteiger partial charge in [-0.05, 0) is 18.2 Å². The molecule has 0 atom stereocenters. The lowest BCUT2D eigenvalue weighted by molar-refractivity contribution is 1.04. The first-order chi connectivity index (χ1) is 7.54. The van der Waals surface area contributed by atoms with Crippen LogP contribution in [-0.2, 0) is 0 Å². The van der Waals surface area contributed by atoms with Gasteiger partial charge in [-0.25, -0.2) is 4.79 Å². The highest BCUT2D eigenvalue weighted by atomic mass is 35.5. The highest BCUT2D eigenvalue weighted by Crippen LogP contribution is 2.24. The number of halogens is 2. The largest absolute Gasteiger partial charge is 0.326 e. The summed E-state index contributed by atoms with van der Waals surface area (Å²) < 4.78 is 0. The number of H-pyrrole nitrogens is 2. The van der Waals surface area contributed by atoms with E-state index in [2.05, 4.69) is 9.97 Å². The Labute approximate surface area is 99.9 Å². The molecule has 0 bridgehead atoms. The monoisotopic (exact) mass is 256 g/mol. The van der Waals surface area contributed by atoms with Crippen LogP contribution < -0.4 is 11.2 Å². The first-order valence-electron chi connectivity index (χ1n) is 4.35. The fourth-order valence-corrected chi connectivity index (χ4v) is 1.86. The number of benzene rings is 1. The summed E-state index contributed by atoms with van der Waals surface area (Å²) in [5.74, 6) is 0. The average Bonchev–Trinajstić information content (AvgIpc) is 2.14. The lowest BCUT2D eigenvalue weighted by Gasteiger charge is -2.02. The van der Waals surface area contributed by atoms with E-state index >= 15 is 0 Å². The smallest absolute Gasteiger partial charge is 0.307 e. The molecule has 6 heteroatoms. The molecule has 1 heterocycles. The number of rotatable bonds is 1. The summed E-state index contributed by atoms with van der Waals surface area (Å²) in [6.45, 7) is 0. The molecule has 2 rings (SSSR count). The van der Waals surface area contributed by atoms with E-state index in [1.165, 1.54) is 6.07 Å². The second kappa shape index (κ2) is 4.15. The fourth-order valence-electron chi connectivity index (χ4n) is 1.33. The average molecular weight is 257 g/mol. The van der Waals surface area contributed by atoms with E-state index in [1.54, 1.807) is 18.2 Å². The van der Waals surface area contributed by atoms with Gasteiger partial charge in [-0.1, -0.05) is 23.2 Å². The summed E-state index contributed by atoms with van der Waals surface area (Å²) in [6.07, 6.45) is 0. The Morgan fingerprint density at radius 3 is 2.06 bits per heavy atom. The van der Waals surface area contributed by atoms with Crippen molar-refractivity contribution in [2.45, 2.75) is 0 Å². The van der Waals surface area contributed by atoms with Crippen LogP contribution in [0.15, 0.2) is 33.9 Å². The second-order valence-corrected chi connectivity index (χ2v) is 4.03. The summed E-state index contributed by atoms with van der Waals surface area (Å²) in [5, 5.41) is 0.868. The van der Waals surface area contributed by atoms with E-state index < -0.39 is 11.2 Å². The SMILES string of the molecule is O=c1cc(-c2cc(Cl)cc(Cl)c2)[nH]c(=O)[nH]1. The van der Waals surface area contributed by atoms with Crippen LogP contribution in [0.25, 0.3) is 11.3 Å². The van der Waals surface area contributed by atoms with Crippen LogP contribution in [0.3, 0.4) is 0 Å². The van der Waals surface area contributed by atoms with Gasteiger partial charge in [-0.15, -0.1) is 0 Å². The summed E-state index contributed by atoms with van der Waals surface area (Å²) in [4.78, 5) is 26.8. The van der Waals surface area contributed by atoms with Crippen LogP contribution in [0.2, 0.25) is 10.0 Å². The minimum atomic E-state index is -0.571. The molecule has 1 aromatic heterocycles. The Morgan fingerprint density at radius 2 is 1.50 bits per heavy atom. The van der Waals surface area contributed by atoms with Crippen molar-refractivity contribution in [1.29, 1.82) is 0 Å². The summed E-state index contributed by atoms with van der Waals surface area (Å²) >= 11 is 11.6. The Hall–Kier alpha value is -1.52. The molecule has 4 nitrogen and oxygen atoms in total. The van der Waals surface area contributed by atoms with Gasteiger partial charge in [0.15, 0.2) is 0 Å². The van der Waals surface area contributed by atoms with Crippen LogP contribution in [0, 0.1) is 0 Å². The zero-order valence-electron chi connectivity index (χ0n) is 7.88. The van der Waals surface area contributed by atoms with Crippen molar-refractivity contribution >= 4 is 23.2 Å². The molecule has 0 unspecified atom stereocenters. The van der Waals surface area contributed by atoms with E-state index in [1.807, 2.05) is 0 Å². The maximum atomic E-state index is 11.1. The molecule has 16 heavy (non-hydrogen) atoms. The Kier molecular flexibility index (Phi) is 2.85. The van der Waals surface area contributed by atoms with E-state index in [0.29, 0.717) is 21.3 Å². The molecule has 0 amide bonds. The molecule has 0 aliphatic heterocycles. The van der Waals surface area contributed by atoms with Crippen LogP contribution in [0.5, 0.6) is 0 Å². The first-order valence-corrected chi connectivity index (χ1v) is 5.10. The quantitative estimate of drug-likeness (QED) is 0.820. The fraction of sp³-hybridized carbons (Fsp3) is 0. The van der Waals surface area contributed by atoms with Gasteiger partial charge in [0.05, 0.1) is 5.69 Å². The van der Waals surface area contributed by atoms with Crippen molar-refractivity contribution in [2.75, 3.05) is 0 Å². The lowest BCUT2D eigenvalue weighted by atomic mass is 10.1. The molecule has 0 aliphatic carbocycles. The van der Waals surface area contributed by atoms with Crippen LogP contribution in [0.1, 0.15) is 0 Å². The minimum Gasteiger partial charge on any atom is -0.307 e. The molecule has 0 saturated carbocycles. The molecule has 0 radical (unpaired) electrons. The van der Waals surface area contributed by atoms with Gasteiger partial charge in [0.2, 0.25) is 0 Å². The Bertz CT molecular complexity index is 597. The summed E-state index contributed by atoms with van der Waals surface area (Å²) in [5.41, 5.74) is -0.0905.